The average Bonchev–Trinajstić information content (AvgIpc) is 3.39. The number of carbonyl (C=O) groups is 2. The average molecular weight is 485 g/mol. The molecule has 5 rings (SSSR count). The molecule has 184 valence electrons. The molecule has 0 radical (unpaired) electrons. The Morgan fingerprint density at radius 1 is 1.03 bits per heavy atom. The van der Waals surface area contributed by atoms with E-state index in [0.29, 0.717) is 30.6 Å². The van der Waals surface area contributed by atoms with Crippen LogP contribution < -0.4 is 5.73 Å². The van der Waals surface area contributed by atoms with Crippen LogP contribution in [0.2, 0.25) is 0 Å². The van der Waals surface area contributed by atoms with E-state index < -0.39 is 11.4 Å². The van der Waals surface area contributed by atoms with E-state index in [4.69, 9.17) is 5.73 Å². The first-order valence-corrected chi connectivity index (χ1v) is 12.1. The summed E-state index contributed by atoms with van der Waals surface area (Å²) in [7, 11) is 0. The fourth-order valence-corrected chi connectivity index (χ4v) is 5.20. The third kappa shape index (κ3) is 4.26. The summed E-state index contributed by atoms with van der Waals surface area (Å²) in [5, 5.41) is 0. The summed E-state index contributed by atoms with van der Waals surface area (Å²) in [6, 6.07) is 21.3. The molecular weight excluding hydrogens is 455 g/mol. The Morgan fingerprint density at radius 2 is 1.72 bits per heavy atom. The van der Waals surface area contributed by atoms with Crippen LogP contribution in [0, 0.1) is 11.7 Å². The van der Waals surface area contributed by atoms with Gasteiger partial charge in [-0.25, -0.2) is 9.38 Å². The number of rotatable bonds is 6. The number of nitrogens with two attached hydrogens (primary N) is 1. The number of nitrogens with zero attached hydrogens (tertiary/aromatic N) is 3. The highest BCUT2D eigenvalue weighted by atomic mass is 19.1. The minimum Gasteiger partial charge on any atom is -0.369 e. The second-order valence-electron chi connectivity index (χ2n) is 9.96. The number of amides is 2. The third-order valence-electron chi connectivity index (χ3n) is 6.83. The van der Waals surface area contributed by atoms with Crippen LogP contribution in [0.3, 0.4) is 0 Å². The topological polar surface area (TPSA) is 79.0 Å². The Kier molecular flexibility index (Phi) is 6.08. The van der Waals surface area contributed by atoms with Crippen LogP contribution in [0.1, 0.15) is 52.9 Å². The number of hydrogen-bond donors (Lipinski definition) is 1. The zero-order valence-corrected chi connectivity index (χ0v) is 20.4. The molecule has 0 aliphatic carbocycles. The largest absolute Gasteiger partial charge is 0.369 e. The molecule has 1 atom stereocenters. The van der Waals surface area contributed by atoms with Crippen molar-refractivity contribution in [1.82, 2.24) is 9.80 Å². The Labute approximate surface area is 210 Å². The SMILES string of the molecule is CC(C)CC1(c2cccc(F)c2)N=C(N)N(Cc2cccc(C(=O)N3Cc4ccccc4C3)c2)C1=O. The molecule has 0 saturated carbocycles. The van der Waals surface area contributed by atoms with Crippen LogP contribution in [-0.2, 0) is 30.0 Å². The minimum absolute atomic E-state index is 0.0589. The molecular formula is C29H29FN4O2. The third-order valence-corrected chi connectivity index (χ3v) is 6.83. The maximum absolute atomic E-state index is 14.1. The highest BCUT2D eigenvalue weighted by Gasteiger charge is 2.49. The monoisotopic (exact) mass is 484 g/mol. The van der Waals surface area contributed by atoms with Crippen molar-refractivity contribution in [3.05, 3.63) is 106 Å². The van der Waals surface area contributed by atoms with Crippen molar-refractivity contribution >= 4 is 17.8 Å². The normalized spacial score (nSPS) is 19.1. The maximum Gasteiger partial charge on any atom is 0.262 e. The van der Waals surface area contributed by atoms with Crippen molar-refractivity contribution in [3.63, 3.8) is 0 Å². The Balaban J connectivity index is 1.38. The number of aliphatic imine (C=N–C) groups is 1. The standard InChI is InChI=1S/C29H29FN4O2/c1-19(2)15-29(24-11-6-12-25(30)14-24)27(36)34(28(31)32-29)16-20-7-5-10-21(13-20)26(35)33-17-22-8-3-4-9-23(22)18-33/h3-14,19H,15-18H2,1-2H3,(H2,31,32). The fraction of sp³-hybridized carbons (Fsp3) is 0.276. The number of halogens is 1. The van der Waals surface area contributed by atoms with E-state index in [2.05, 4.69) is 4.99 Å². The van der Waals surface area contributed by atoms with Crippen LogP contribution in [0.5, 0.6) is 0 Å². The Morgan fingerprint density at radius 3 is 2.39 bits per heavy atom. The van der Waals surface area contributed by atoms with Crippen molar-refractivity contribution < 1.29 is 14.0 Å². The van der Waals surface area contributed by atoms with E-state index in [1.165, 1.54) is 17.0 Å². The van der Waals surface area contributed by atoms with Gasteiger partial charge in [0.1, 0.15) is 5.82 Å². The van der Waals surface area contributed by atoms with Gasteiger partial charge in [0.25, 0.3) is 11.8 Å². The lowest BCUT2D eigenvalue weighted by atomic mass is 9.82. The van der Waals surface area contributed by atoms with Crippen molar-refractivity contribution in [3.8, 4) is 0 Å². The van der Waals surface area contributed by atoms with Crippen molar-refractivity contribution in [2.24, 2.45) is 16.6 Å². The van der Waals surface area contributed by atoms with Gasteiger partial charge in [-0.1, -0.05) is 62.4 Å². The molecule has 0 spiro atoms. The van der Waals surface area contributed by atoms with Gasteiger partial charge in [0.15, 0.2) is 11.5 Å². The Bertz CT molecular complexity index is 1340. The minimum atomic E-state index is -1.27. The van der Waals surface area contributed by atoms with Gasteiger partial charge >= 0.3 is 0 Å². The predicted molar refractivity (Wildman–Crippen MR) is 136 cm³/mol. The molecule has 0 bridgehead atoms. The molecule has 2 amide bonds. The molecule has 2 heterocycles. The van der Waals surface area contributed by atoms with Crippen LogP contribution in [-0.4, -0.2) is 27.6 Å². The zero-order chi connectivity index (χ0) is 25.4. The van der Waals surface area contributed by atoms with Crippen LogP contribution in [0.4, 0.5) is 4.39 Å². The van der Waals surface area contributed by atoms with Gasteiger partial charge in [-0.15, -0.1) is 0 Å². The summed E-state index contributed by atoms with van der Waals surface area (Å²) in [6.07, 6.45) is 0.403. The molecule has 2 aliphatic rings. The molecule has 2 N–H and O–H groups in total. The van der Waals surface area contributed by atoms with Gasteiger partial charge in [0, 0.05) is 18.7 Å². The fourth-order valence-electron chi connectivity index (χ4n) is 5.20. The van der Waals surface area contributed by atoms with Crippen molar-refractivity contribution in [2.45, 2.75) is 45.4 Å². The summed E-state index contributed by atoms with van der Waals surface area (Å²) in [4.78, 5) is 34.9. The number of benzene rings is 3. The summed E-state index contributed by atoms with van der Waals surface area (Å²) in [5.74, 6) is -0.552. The molecule has 6 nitrogen and oxygen atoms in total. The molecule has 3 aromatic rings. The molecule has 0 aromatic heterocycles. The maximum atomic E-state index is 14.1. The first-order valence-electron chi connectivity index (χ1n) is 12.1. The van der Waals surface area contributed by atoms with E-state index in [9.17, 15) is 14.0 Å². The van der Waals surface area contributed by atoms with Crippen molar-refractivity contribution in [2.75, 3.05) is 0 Å². The van der Waals surface area contributed by atoms with E-state index in [-0.39, 0.29) is 30.2 Å². The molecule has 1 unspecified atom stereocenters. The highest BCUT2D eigenvalue weighted by molar-refractivity contribution is 6.07. The lowest BCUT2D eigenvalue weighted by Gasteiger charge is -2.28. The second-order valence-corrected chi connectivity index (χ2v) is 9.96. The molecule has 0 saturated heterocycles. The number of guanidine groups is 1. The van der Waals surface area contributed by atoms with Gasteiger partial charge in [0.05, 0.1) is 6.54 Å². The van der Waals surface area contributed by atoms with Gasteiger partial charge in [-0.05, 0) is 58.9 Å². The van der Waals surface area contributed by atoms with Gasteiger partial charge in [0.2, 0.25) is 0 Å². The van der Waals surface area contributed by atoms with Crippen molar-refractivity contribution in [1.29, 1.82) is 0 Å². The van der Waals surface area contributed by atoms with E-state index in [1.807, 2.05) is 55.1 Å². The van der Waals surface area contributed by atoms with E-state index in [1.54, 1.807) is 24.3 Å². The lowest BCUT2D eigenvalue weighted by Crippen LogP contribution is -2.43. The quantitative estimate of drug-likeness (QED) is 0.556. The molecule has 7 heteroatoms. The zero-order valence-electron chi connectivity index (χ0n) is 20.4. The number of hydrogen-bond acceptors (Lipinski definition) is 4. The first-order chi connectivity index (χ1) is 17.3. The molecule has 0 fully saturated rings. The molecule has 36 heavy (non-hydrogen) atoms. The predicted octanol–water partition coefficient (Wildman–Crippen LogP) is 4.58. The molecule has 3 aromatic carbocycles. The second kappa shape index (κ2) is 9.22. The van der Waals surface area contributed by atoms with Crippen LogP contribution in [0.25, 0.3) is 0 Å². The van der Waals surface area contributed by atoms with E-state index in [0.717, 1.165) is 16.7 Å². The van der Waals surface area contributed by atoms with Gasteiger partial charge < -0.3 is 10.6 Å². The van der Waals surface area contributed by atoms with Crippen LogP contribution in [0.15, 0.2) is 77.8 Å². The Hall–Kier alpha value is -4.00. The molecule has 2 aliphatic heterocycles. The summed E-state index contributed by atoms with van der Waals surface area (Å²) in [5.41, 5.74) is 9.14. The van der Waals surface area contributed by atoms with Gasteiger partial charge in [-0.2, -0.15) is 0 Å². The summed E-state index contributed by atoms with van der Waals surface area (Å²) < 4.78 is 14.1. The van der Waals surface area contributed by atoms with Crippen LogP contribution >= 0.6 is 0 Å². The summed E-state index contributed by atoms with van der Waals surface area (Å²) >= 11 is 0. The smallest absolute Gasteiger partial charge is 0.262 e. The van der Waals surface area contributed by atoms with Gasteiger partial charge in [-0.3, -0.25) is 14.5 Å². The number of fused-ring (bicyclic) bond motifs is 1. The van der Waals surface area contributed by atoms with E-state index >= 15 is 0 Å². The highest BCUT2D eigenvalue weighted by Crippen LogP contribution is 2.39. The number of carbonyl (C=O) groups excluding carboxylic acids is 2. The summed E-state index contributed by atoms with van der Waals surface area (Å²) in [6.45, 7) is 5.32. The lowest BCUT2D eigenvalue weighted by molar-refractivity contribution is -0.132. The first kappa shape index (κ1) is 23.7.